The van der Waals surface area contributed by atoms with Gasteiger partial charge in [-0.2, -0.15) is 4.31 Å². The molecule has 2 aliphatic rings. The number of ether oxygens (including phenoxy) is 2. The van der Waals surface area contributed by atoms with Gasteiger partial charge in [0.1, 0.15) is 13.2 Å². The van der Waals surface area contributed by atoms with Crippen LogP contribution in [0.3, 0.4) is 0 Å². The number of benzene rings is 2. The largest absolute Gasteiger partial charge is 0.486 e. The summed E-state index contributed by atoms with van der Waals surface area (Å²) < 4.78 is 38.7. The van der Waals surface area contributed by atoms with Crippen molar-refractivity contribution in [2.24, 2.45) is 5.92 Å². The van der Waals surface area contributed by atoms with E-state index in [1.807, 2.05) is 24.3 Å². The highest BCUT2D eigenvalue weighted by molar-refractivity contribution is 7.89. The lowest BCUT2D eigenvalue weighted by atomic mass is 9.97. The van der Waals surface area contributed by atoms with E-state index in [9.17, 15) is 13.2 Å². The predicted molar refractivity (Wildman–Crippen MR) is 134 cm³/mol. The number of hydrogen-bond acceptors (Lipinski definition) is 7. The molecule has 11 heteroatoms. The van der Waals surface area contributed by atoms with E-state index in [-0.39, 0.29) is 29.8 Å². The number of thiazole rings is 1. The second-order valence-electron chi connectivity index (χ2n) is 8.41. The highest BCUT2D eigenvalue weighted by atomic mass is 35.5. The molecule has 0 aliphatic carbocycles. The molecule has 8 nitrogen and oxygen atoms in total. The van der Waals surface area contributed by atoms with E-state index in [1.165, 1.54) is 27.8 Å². The standard InChI is InChI=1S/C24H24ClN3O5S2/c25-18-3-1-16(2-4-18)13-19-15-26-24(34-19)27-23(29)17-7-9-28(10-8-17)35(30,31)20-5-6-21-22(14-20)33-12-11-32-21/h1-6,14-15,17H,7-13H2,(H,26,27,29). The maximum Gasteiger partial charge on any atom is 0.243 e. The van der Waals surface area contributed by atoms with Crippen LogP contribution in [0, 0.1) is 5.92 Å². The van der Waals surface area contributed by atoms with Crippen molar-refractivity contribution in [2.75, 3.05) is 31.6 Å². The molecule has 0 unspecified atom stereocenters. The fourth-order valence-electron chi connectivity index (χ4n) is 4.15. The fourth-order valence-corrected chi connectivity index (χ4v) is 6.61. The Kier molecular flexibility index (Phi) is 6.97. The highest BCUT2D eigenvalue weighted by Crippen LogP contribution is 2.34. The van der Waals surface area contributed by atoms with Crippen molar-refractivity contribution in [1.29, 1.82) is 0 Å². The molecule has 2 aromatic carbocycles. The van der Waals surface area contributed by atoms with Crippen molar-refractivity contribution in [3.8, 4) is 11.5 Å². The van der Waals surface area contributed by atoms with Gasteiger partial charge in [0.2, 0.25) is 15.9 Å². The molecule has 1 amide bonds. The molecule has 1 N–H and O–H groups in total. The Labute approximate surface area is 212 Å². The second kappa shape index (κ2) is 10.1. The summed E-state index contributed by atoms with van der Waals surface area (Å²) in [5, 5.41) is 4.13. The molecule has 184 valence electrons. The topological polar surface area (TPSA) is 97.8 Å². The fraction of sp³-hybridized carbons (Fsp3) is 0.333. The van der Waals surface area contributed by atoms with Crippen LogP contribution in [0.1, 0.15) is 23.3 Å². The van der Waals surface area contributed by atoms with Gasteiger partial charge in [0.15, 0.2) is 16.6 Å². The number of anilines is 1. The number of nitrogens with zero attached hydrogens (tertiary/aromatic N) is 2. The van der Waals surface area contributed by atoms with Gasteiger partial charge in [0, 0.05) is 47.6 Å². The summed E-state index contributed by atoms with van der Waals surface area (Å²) in [4.78, 5) is 18.3. The van der Waals surface area contributed by atoms with Gasteiger partial charge in [-0.1, -0.05) is 23.7 Å². The molecule has 0 spiro atoms. The van der Waals surface area contributed by atoms with Gasteiger partial charge in [0.05, 0.1) is 4.90 Å². The average Bonchev–Trinajstić information content (AvgIpc) is 3.31. The zero-order valence-electron chi connectivity index (χ0n) is 18.8. The average molecular weight is 534 g/mol. The van der Waals surface area contributed by atoms with Crippen LogP contribution in [-0.2, 0) is 21.2 Å². The van der Waals surface area contributed by atoms with Gasteiger partial charge in [-0.3, -0.25) is 4.79 Å². The van der Waals surface area contributed by atoms with Crippen molar-refractivity contribution >= 4 is 44.0 Å². The molecule has 0 bridgehead atoms. The van der Waals surface area contributed by atoms with E-state index in [0.717, 1.165) is 10.4 Å². The first kappa shape index (κ1) is 24.1. The van der Waals surface area contributed by atoms with Crippen LogP contribution in [0.4, 0.5) is 5.13 Å². The van der Waals surface area contributed by atoms with Gasteiger partial charge in [-0.25, -0.2) is 13.4 Å². The minimum atomic E-state index is -3.69. The number of sulfonamides is 1. The van der Waals surface area contributed by atoms with Crippen molar-refractivity contribution in [3.63, 3.8) is 0 Å². The molecule has 0 saturated carbocycles. The monoisotopic (exact) mass is 533 g/mol. The van der Waals surface area contributed by atoms with E-state index < -0.39 is 10.0 Å². The molecular weight excluding hydrogens is 510 g/mol. The maximum absolute atomic E-state index is 13.1. The molecule has 1 aromatic heterocycles. The summed E-state index contributed by atoms with van der Waals surface area (Å²) >= 11 is 7.37. The van der Waals surface area contributed by atoms with Gasteiger partial charge in [-0.15, -0.1) is 11.3 Å². The van der Waals surface area contributed by atoms with Crippen molar-refractivity contribution < 1.29 is 22.7 Å². The number of amides is 1. The molecule has 3 aromatic rings. The summed E-state index contributed by atoms with van der Waals surface area (Å²) in [7, 11) is -3.69. The normalized spacial score (nSPS) is 16.7. The predicted octanol–water partition coefficient (Wildman–Crippen LogP) is 4.20. The molecule has 0 atom stereocenters. The molecule has 1 saturated heterocycles. The van der Waals surface area contributed by atoms with Crippen LogP contribution >= 0.6 is 22.9 Å². The van der Waals surface area contributed by atoms with Gasteiger partial charge >= 0.3 is 0 Å². The molecule has 35 heavy (non-hydrogen) atoms. The Morgan fingerprint density at radius 1 is 1.09 bits per heavy atom. The minimum Gasteiger partial charge on any atom is -0.486 e. The quantitative estimate of drug-likeness (QED) is 0.510. The van der Waals surface area contributed by atoms with Crippen LogP contribution < -0.4 is 14.8 Å². The number of piperidine rings is 1. The number of halogens is 1. The van der Waals surface area contributed by atoms with E-state index in [2.05, 4.69) is 10.3 Å². The van der Waals surface area contributed by atoms with Gasteiger partial charge in [0.25, 0.3) is 0 Å². The van der Waals surface area contributed by atoms with Crippen molar-refractivity contribution in [3.05, 3.63) is 64.1 Å². The van der Waals surface area contributed by atoms with Crippen LogP contribution in [0.2, 0.25) is 5.02 Å². The lowest BCUT2D eigenvalue weighted by molar-refractivity contribution is -0.120. The van der Waals surface area contributed by atoms with Gasteiger partial charge in [-0.05, 0) is 42.7 Å². The molecular formula is C24H24ClN3O5S2. The first-order chi connectivity index (χ1) is 16.9. The number of hydrogen-bond donors (Lipinski definition) is 1. The third-order valence-corrected chi connectivity index (χ3v) is 9.11. The van der Waals surface area contributed by atoms with Crippen molar-refractivity contribution in [1.82, 2.24) is 9.29 Å². The van der Waals surface area contributed by atoms with E-state index in [4.69, 9.17) is 21.1 Å². The zero-order valence-corrected chi connectivity index (χ0v) is 21.2. The summed E-state index contributed by atoms with van der Waals surface area (Å²) in [6.45, 7) is 1.38. The number of carbonyl (C=O) groups excluding carboxylic acids is 1. The first-order valence-electron chi connectivity index (χ1n) is 11.3. The minimum absolute atomic E-state index is 0.131. The summed E-state index contributed by atoms with van der Waals surface area (Å²) in [5.41, 5.74) is 1.11. The zero-order chi connectivity index (χ0) is 24.4. The Bertz CT molecular complexity index is 1320. The molecule has 3 heterocycles. The lowest BCUT2D eigenvalue weighted by Crippen LogP contribution is -2.41. The smallest absolute Gasteiger partial charge is 0.243 e. The summed E-state index contributed by atoms with van der Waals surface area (Å²) in [6, 6.07) is 12.3. The number of nitrogens with one attached hydrogen (secondary N) is 1. The Morgan fingerprint density at radius 3 is 2.54 bits per heavy atom. The third-order valence-electron chi connectivity index (χ3n) is 6.05. The molecule has 1 fully saturated rings. The first-order valence-corrected chi connectivity index (χ1v) is 13.9. The number of carbonyl (C=O) groups is 1. The summed E-state index contributed by atoms with van der Waals surface area (Å²) in [5.74, 6) is 0.577. The van der Waals surface area contributed by atoms with Crippen molar-refractivity contribution in [2.45, 2.75) is 24.2 Å². The molecule has 2 aliphatic heterocycles. The number of rotatable bonds is 6. The maximum atomic E-state index is 13.1. The number of aromatic nitrogens is 1. The van der Waals surface area contributed by atoms with E-state index in [1.54, 1.807) is 12.3 Å². The Hall–Kier alpha value is -2.66. The molecule has 0 radical (unpaired) electrons. The highest BCUT2D eigenvalue weighted by Gasteiger charge is 2.33. The Balaban J connectivity index is 1.16. The van der Waals surface area contributed by atoms with Crippen LogP contribution in [0.15, 0.2) is 53.6 Å². The second-order valence-corrected chi connectivity index (χ2v) is 11.9. The van der Waals surface area contributed by atoms with Crippen LogP contribution in [0.5, 0.6) is 11.5 Å². The van der Waals surface area contributed by atoms with Gasteiger partial charge < -0.3 is 14.8 Å². The van der Waals surface area contributed by atoms with Crippen LogP contribution in [-0.4, -0.2) is 49.9 Å². The van der Waals surface area contributed by atoms with Crippen LogP contribution in [0.25, 0.3) is 0 Å². The lowest BCUT2D eigenvalue weighted by Gasteiger charge is -2.30. The molecule has 5 rings (SSSR count). The third kappa shape index (κ3) is 5.45. The van der Waals surface area contributed by atoms with E-state index in [0.29, 0.717) is 54.1 Å². The summed E-state index contributed by atoms with van der Waals surface area (Å²) in [6.07, 6.45) is 3.36. The Morgan fingerprint density at radius 2 is 1.80 bits per heavy atom. The SMILES string of the molecule is O=C(Nc1ncc(Cc2ccc(Cl)cc2)s1)C1CCN(S(=O)(=O)c2ccc3c(c2)OCCO3)CC1. The van der Waals surface area contributed by atoms with E-state index >= 15 is 0 Å². The number of fused-ring (bicyclic) bond motifs is 1.